The lowest BCUT2D eigenvalue weighted by Gasteiger charge is -2.05. The van der Waals surface area contributed by atoms with Gasteiger partial charge in [-0.15, -0.1) is 5.10 Å². The standard InChI is InChI=1S/C8H15N5O2S/c1-9-4-2-3-7-16(14,15)13-8-10-5-6-11-12-8/h5-6,9H,2-4,7H2,1H3,(H,10,12,13). The summed E-state index contributed by atoms with van der Waals surface area (Å²) in [5.41, 5.74) is 0. The molecule has 0 bridgehead atoms. The van der Waals surface area contributed by atoms with E-state index in [4.69, 9.17) is 0 Å². The van der Waals surface area contributed by atoms with Gasteiger partial charge in [-0.3, -0.25) is 0 Å². The third-order valence-corrected chi connectivity index (χ3v) is 3.14. The Labute approximate surface area is 94.7 Å². The average Bonchev–Trinajstić information content (AvgIpc) is 2.25. The van der Waals surface area contributed by atoms with Gasteiger partial charge in [0, 0.05) is 0 Å². The van der Waals surface area contributed by atoms with Crippen LogP contribution in [-0.2, 0) is 10.0 Å². The molecule has 0 aliphatic carbocycles. The molecular formula is C8H15N5O2S. The molecule has 0 radical (unpaired) electrons. The van der Waals surface area contributed by atoms with E-state index in [1.165, 1.54) is 12.4 Å². The first-order valence-electron chi connectivity index (χ1n) is 4.93. The fourth-order valence-electron chi connectivity index (χ4n) is 1.08. The van der Waals surface area contributed by atoms with Crippen LogP contribution in [0, 0.1) is 0 Å². The van der Waals surface area contributed by atoms with Gasteiger partial charge in [0.15, 0.2) is 0 Å². The van der Waals surface area contributed by atoms with Crippen molar-refractivity contribution in [2.24, 2.45) is 0 Å². The van der Waals surface area contributed by atoms with E-state index in [0.717, 1.165) is 13.0 Å². The summed E-state index contributed by atoms with van der Waals surface area (Å²) < 4.78 is 25.3. The molecule has 0 saturated heterocycles. The van der Waals surface area contributed by atoms with Crippen molar-refractivity contribution in [2.75, 3.05) is 24.1 Å². The summed E-state index contributed by atoms with van der Waals surface area (Å²) >= 11 is 0. The zero-order valence-electron chi connectivity index (χ0n) is 9.05. The normalized spacial score (nSPS) is 11.3. The van der Waals surface area contributed by atoms with Crippen molar-refractivity contribution in [3.05, 3.63) is 12.4 Å². The summed E-state index contributed by atoms with van der Waals surface area (Å²) in [4.78, 5) is 3.73. The number of aromatic nitrogens is 3. The van der Waals surface area contributed by atoms with E-state index in [0.29, 0.717) is 6.42 Å². The summed E-state index contributed by atoms with van der Waals surface area (Å²) in [5.74, 6) is 0.0727. The molecule has 0 fully saturated rings. The predicted octanol–water partition coefficient (Wildman–Crippen LogP) is -0.387. The first-order valence-corrected chi connectivity index (χ1v) is 6.58. The molecule has 8 heteroatoms. The van der Waals surface area contributed by atoms with Crippen molar-refractivity contribution in [1.29, 1.82) is 0 Å². The molecule has 2 N–H and O–H groups in total. The van der Waals surface area contributed by atoms with Crippen LogP contribution in [0.4, 0.5) is 5.95 Å². The average molecular weight is 245 g/mol. The van der Waals surface area contributed by atoms with E-state index in [-0.39, 0.29) is 11.7 Å². The fourth-order valence-corrected chi connectivity index (χ4v) is 2.14. The second-order valence-corrected chi connectivity index (χ2v) is 5.04. The molecule has 0 saturated carbocycles. The Morgan fingerprint density at radius 3 is 2.75 bits per heavy atom. The highest BCUT2D eigenvalue weighted by atomic mass is 32.2. The molecule has 1 rings (SSSR count). The van der Waals surface area contributed by atoms with Crippen LogP contribution in [-0.4, -0.2) is 42.9 Å². The number of nitrogens with zero attached hydrogens (tertiary/aromatic N) is 3. The minimum Gasteiger partial charge on any atom is -0.320 e. The van der Waals surface area contributed by atoms with Crippen LogP contribution in [0.3, 0.4) is 0 Å². The van der Waals surface area contributed by atoms with Crippen LogP contribution < -0.4 is 10.0 Å². The molecule has 1 aromatic rings. The third kappa shape index (κ3) is 4.99. The first kappa shape index (κ1) is 12.8. The summed E-state index contributed by atoms with van der Waals surface area (Å²) in [6.07, 6.45) is 4.16. The fraction of sp³-hybridized carbons (Fsp3) is 0.625. The molecular weight excluding hydrogens is 230 g/mol. The molecule has 0 atom stereocenters. The number of hydrogen-bond acceptors (Lipinski definition) is 6. The van der Waals surface area contributed by atoms with Gasteiger partial charge >= 0.3 is 0 Å². The molecule has 0 amide bonds. The highest BCUT2D eigenvalue weighted by Crippen LogP contribution is 2.01. The summed E-state index contributed by atoms with van der Waals surface area (Å²) in [6, 6.07) is 0. The first-order chi connectivity index (χ1) is 7.64. The minimum atomic E-state index is -3.36. The van der Waals surface area contributed by atoms with Crippen LogP contribution in [0.25, 0.3) is 0 Å². The van der Waals surface area contributed by atoms with E-state index in [1.54, 1.807) is 0 Å². The van der Waals surface area contributed by atoms with Gasteiger partial charge in [0.2, 0.25) is 10.0 Å². The lowest BCUT2D eigenvalue weighted by atomic mass is 10.3. The van der Waals surface area contributed by atoms with Crippen LogP contribution in [0.5, 0.6) is 0 Å². The Bertz CT molecular complexity index is 394. The largest absolute Gasteiger partial charge is 0.320 e. The molecule has 7 nitrogen and oxygen atoms in total. The second kappa shape index (κ2) is 6.33. The van der Waals surface area contributed by atoms with Gasteiger partial charge < -0.3 is 5.32 Å². The van der Waals surface area contributed by atoms with Gasteiger partial charge in [-0.05, 0) is 26.4 Å². The molecule has 1 heterocycles. The van der Waals surface area contributed by atoms with Gasteiger partial charge in [-0.25, -0.2) is 18.1 Å². The molecule has 0 aliphatic rings. The molecule has 0 spiro atoms. The van der Waals surface area contributed by atoms with Crippen molar-refractivity contribution < 1.29 is 8.42 Å². The van der Waals surface area contributed by atoms with Crippen molar-refractivity contribution >= 4 is 16.0 Å². The number of sulfonamides is 1. The van der Waals surface area contributed by atoms with E-state index < -0.39 is 10.0 Å². The molecule has 16 heavy (non-hydrogen) atoms. The molecule has 0 aliphatic heterocycles. The molecule has 0 aromatic carbocycles. The van der Waals surface area contributed by atoms with Gasteiger partial charge in [-0.2, -0.15) is 5.10 Å². The maximum atomic E-state index is 11.5. The minimum absolute atomic E-state index is 0.0103. The van der Waals surface area contributed by atoms with Gasteiger partial charge in [0.05, 0.1) is 18.1 Å². The Morgan fingerprint density at radius 1 is 1.31 bits per heavy atom. The van der Waals surface area contributed by atoms with E-state index in [1.807, 2.05) is 7.05 Å². The molecule has 0 unspecified atom stereocenters. The number of nitrogens with one attached hydrogen (secondary N) is 2. The summed E-state index contributed by atoms with van der Waals surface area (Å²) in [5, 5.41) is 10.0. The SMILES string of the molecule is CNCCCCS(=O)(=O)Nc1nccnn1. The quantitative estimate of drug-likeness (QED) is 0.635. The number of hydrogen-bond donors (Lipinski definition) is 2. The van der Waals surface area contributed by atoms with Crippen molar-refractivity contribution in [3.8, 4) is 0 Å². The van der Waals surface area contributed by atoms with E-state index in [2.05, 4.69) is 25.2 Å². The topological polar surface area (TPSA) is 96.9 Å². The highest BCUT2D eigenvalue weighted by molar-refractivity contribution is 7.92. The zero-order valence-corrected chi connectivity index (χ0v) is 9.87. The predicted molar refractivity (Wildman–Crippen MR) is 60.4 cm³/mol. The highest BCUT2D eigenvalue weighted by Gasteiger charge is 2.11. The van der Waals surface area contributed by atoms with Crippen molar-refractivity contribution in [2.45, 2.75) is 12.8 Å². The molecule has 1 aromatic heterocycles. The van der Waals surface area contributed by atoms with Gasteiger partial charge in [-0.1, -0.05) is 0 Å². The van der Waals surface area contributed by atoms with Crippen LogP contribution in [0.15, 0.2) is 12.4 Å². The Balaban J connectivity index is 2.40. The van der Waals surface area contributed by atoms with Crippen LogP contribution >= 0.6 is 0 Å². The maximum absolute atomic E-state index is 11.5. The summed E-state index contributed by atoms with van der Waals surface area (Å²) in [7, 11) is -1.53. The Kier molecular flexibility index (Phi) is 5.06. The maximum Gasteiger partial charge on any atom is 0.256 e. The lowest BCUT2D eigenvalue weighted by Crippen LogP contribution is -2.19. The van der Waals surface area contributed by atoms with Gasteiger partial charge in [0.25, 0.3) is 5.95 Å². The monoisotopic (exact) mass is 245 g/mol. The number of anilines is 1. The van der Waals surface area contributed by atoms with Crippen molar-refractivity contribution in [3.63, 3.8) is 0 Å². The van der Waals surface area contributed by atoms with Crippen LogP contribution in [0.1, 0.15) is 12.8 Å². The van der Waals surface area contributed by atoms with E-state index in [9.17, 15) is 8.42 Å². The Morgan fingerprint density at radius 2 is 2.12 bits per heavy atom. The third-order valence-electron chi connectivity index (χ3n) is 1.82. The summed E-state index contributed by atoms with van der Waals surface area (Å²) in [6.45, 7) is 0.804. The number of rotatable bonds is 7. The smallest absolute Gasteiger partial charge is 0.256 e. The van der Waals surface area contributed by atoms with E-state index >= 15 is 0 Å². The Hall–Kier alpha value is -1.28. The zero-order chi connectivity index (χ0) is 11.9. The van der Waals surface area contributed by atoms with Gasteiger partial charge in [0.1, 0.15) is 0 Å². The lowest BCUT2D eigenvalue weighted by molar-refractivity contribution is 0.594. The van der Waals surface area contributed by atoms with Crippen LogP contribution in [0.2, 0.25) is 0 Å². The number of unbranched alkanes of at least 4 members (excludes halogenated alkanes) is 1. The second-order valence-electron chi connectivity index (χ2n) is 3.20. The molecule has 90 valence electrons. The van der Waals surface area contributed by atoms with Crippen molar-refractivity contribution in [1.82, 2.24) is 20.5 Å².